The van der Waals surface area contributed by atoms with Gasteiger partial charge in [-0.25, -0.2) is 0 Å². The van der Waals surface area contributed by atoms with Crippen LogP contribution in [0.15, 0.2) is 4.52 Å². The molecule has 0 amide bonds. The van der Waals surface area contributed by atoms with Gasteiger partial charge in [-0.15, -0.1) is 0 Å². The van der Waals surface area contributed by atoms with Gasteiger partial charge >= 0.3 is 0 Å². The molecule has 0 aromatic carbocycles. The third-order valence-corrected chi connectivity index (χ3v) is 2.62. The molecular formula is C8H13BrN2O. The van der Waals surface area contributed by atoms with Crippen molar-refractivity contribution in [2.24, 2.45) is 0 Å². The standard InChI is InChI=1S/C8H13BrN2O/c1-3-5-7-10-8(12-11-7)6(9)4-2/h6H,3-5H2,1-2H3. The van der Waals surface area contributed by atoms with Crippen molar-refractivity contribution in [2.75, 3.05) is 0 Å². The van der Waals surface area contributed by atoms with E-state index in [1.165, 1.54) is 0 Å². The van der Waals surface area contributed by atoms with Gasteiger partial charge in [0.2, 0.25) is 5.89 Å². The monoisotopic (exact) mass is 232 g/mol. The van der Waals surface area contributed by atoms with Crippen LogP contribution in [-0.2, 0) is 6.42 Å². The highest BCUT2D eigenvalue weighted by atomic mass is 79.9. The first kappa shape index (κ1) is 9.71. The molecule has 0 aliphatic rings. The zero-order valence-electron chi connectivity index (χ0n) is 7.38. The zero-order chi connectivity index (χ0) is 8.97. The van der Waals surface area contributed by atoms with Crippen LogP contribution in [0.25, 0.3) is 0 Å². The molecule has 1 aromatic heterocycles. The Hall–Kier alpha value is -0.380. The quantitative estimate of drug-likeness (QED) is 0.750. The maximum absolute atomic E-state index is 5.06. The molecule has 0 saturated heterocycles. The van der Waals surface area contributed by atoms with Gasteiger partial charge in [0, 0.05) is 6.42 Å². The lowest BCUT2D eigenvalue weighted by atomic mass is 10.3. The normalized spacial score (nSPS) is 13.2. The van der Waals surface area contributed by atoms with Crippen LogP contribution in [0, 0.1) is 0 Å². The summed E-state index contributed by atoms with van der Waals surface area (Å²) in [6.07, 6.45) is 2.92. The highest BCUT2D eigenvalue weighted by Gasteiger charge is 2.12. The van der Waals surface area contributed by atoms with Crippen molar-refractivity contribution < 1.29 is 4.52 Å². The molecule has 0 spiro atoms. The number of aryl methyl sites for hydroxylation is 1. The molecule has 0 N–H and O–H groups in total. The first-order chi connectivity index (χ1) is 5.77. The zero-order valence-corrected chi connectivity index (χ0v) is 8.97. The van der Waals surface area contributed by atoms with Gasteiger partial charge in [0.05, 0.1) is 4.83 Å². The highest BCUT2D eigenvalue weighted by molar-refractivity contribution is 9.09. The summed E-state index contributed by atoms with van der Waals surface area (Å²) < 4.78 is 5.06. The van der Waals surface area contributed by atoms with Crippen molar-refractivity contribution in [1.82, 2.24) is 10.1 Å². The van der Waals surface area contributed by atoms with E-state index in [9.17, 15) is 0 Å². The molecule has 0 bridgehead atoms. The van der Waals surface area contributed by atoms with Crippen molar-refractivity contribution in [3.05, 3.63) is 11.7 Å². The van der Waals surface area contributed by atoms with Gasteiger partial charge in [-0.2, -0.15) is 4.98 Å². The molecule has 0 fully saturated rings. The topological polar surface area (TPSA) is 38.9 Å². The number of rotatable bonds is 4. The third-order valence-electron chi connectivity index (χ3n) is 1.58. The third kappa shape index (κ3) is 2.30. The fourth-order valence-electron chi connectivity index (χ4n) is 0.894. The molecule has 0 saturated carbocycles. The molecule has 12 heavy (non-hydrogen) atoms. The van der Waals surface area contributed by atoms with Crippen molar-refractivity contribution in [3.63, 3.8) is 0 Å². The summed E-state index contributed by atoms with van der Waals surface area (Å²) in [6.45, 7) is 4.17. The highest BCUT2D eigenvalue weighted by Crippen LogP contribution is 2.23. The van der Waals surface area contributed by atoms with Gasteiger partial charge in [-0.3, -0.25) is 0 Å². The van der Waals surface area contributed by atoms with E-state index in [0.29, 0.717) is 5.89 Å². The van der Waals surface area contributed by atoms with Crippen molar-refractivity contribution in [3.8, 4) is 0 Å². The molecule has 1 heterocycles. The summed E-state index contributed by atoms with van der Waals surface area (Å²) in [5.74, 6) is 1.51. The first-order valence-electron chi connectivity index (χ1n) is 4.24. The van der Waals surface area contributed by atoms with Crippen molar-refractivity contribution in [1.29, 1.82) is 0 Å². The van der Waals surface area contributed by atoms with E-state index in [2.05, 4.69) is 39.9 Å². The molecule has 1 aromatic rings. The van der Waals surface area contributed by atoms with Gasteiger partial charge in [0.1, 0.15) is 0 Å². The van der Waals surface area contributed by atoms with Crippen molar-refractivity contribution in [2.45, 2.75) is 37.9 Å². The van der Waals surface area contributed by atoms with E-state index in [0.717, 1.165) is 25.1 Å². The maximum Gasteiger partial charge on any atom is 0.240 e. The Morgan fingerprint density at radius 2 is 2.25 bits per heavy atom. The Labute approximate surface area is 80.7 Å². The molecule has 0 aliphatic heterocycles. The van der Waals surface area contributed by atoms with E-state index >= 15 is 0 Å². The Morgan fingerprint density at radius 3 is 2.83 bits per heavy atom. The predicted molar refractivity (Wildman–Crippen MR) is 50.3 cm³/mol. The van der Waals surface area contributed by atoms with Gasteiger partial charge in [0.25, 0.3) is 0 Å². The second kappa shape index (κ2) is 4.60. The summed E-state index contributed by atoms with van der Waals surface area (Å²) in [4.78, 5) is 4.45. The van der Waals surface area contributed by atoms with Crippen LogP contribution < -0.4 is 0 Å². The van der Waals surface area contributed by atoms with Gasteiger partial charge in [-0.05, 0) is 12.8 Å². The lowest BCUT2D eigenvalue weighted by Gasteiger charge is -1.96. The Bertz CT molecular complexity index is 237. The smallest absolute Gasteiger partial charge is 0.240 e. The molecule has 0 aliphatic carbocycles. The number of hydrogen-bond acceptors (Lipinski definition) is 3. The number of hydrogen-bond donors (Lipinski definition) is 0. The van der Waals surface area contributed by atoms with Crippen LogP contribution >= 0.6 is 15.9 Å². The Balaban J connectivity index is 2.63. The summed E-state index contributed by atoms with van der Waals surface area (Å²) in [7, 11) is 0. The summed E-state index contributed by atoms with van der Waals surface area (Å²) in [6, 6.07) is 0. The fraction of sp³-hybridized carbons (Fsp3) is 0.750. The van der Waals surface area contributed by atoms with E-state index in [1.807, 2.05) is 0 Å². The van der Waals surface area contributed by atoms with E-state index in [-0.39, 0.29) is 4.83 Å². The van der Waals surface area contributed by atoms with Crippen LogP contribution in [0.1, 0.15) is 43.2 Å². The van der Waals surface area contributed by atoms with Crippen LogP contribution in [-0.4, -0.2) is 10.1 Å². The largest absolute Gasteiger partial charge is 0.338 e. The minimum absolute atomic E-state index is 0.204. The maximum atomic E-state index is 5.06. The molecule has 4 heteroatoms. The summed E-state index contributed by atoms with van der Waals surface area (Å²) >= 11 is 3.45. The molecule has 0 radical (unpaired) electrons. The van der Waals surface area contributed by atoms with Crippen LogP contribution in [0.2, 0.25) is 0 Å². The second-order valence-corrected chi connectivity index (χ2v) is 3.78. The Morgan fingerprint density at radius 1 is 1.50 bits per heavy atom. The minimum Gasteiger partial charge on any atom is -0.338 e. The van der Waals surface area contributed by atoms with Gasteiger partial charge < -0.3 is 4.52 Å². The minimum atomic E-state index is 0.204. The van der Waals surface area contributed by atoms with Crippen LogP contribution in [0.4, 0.5) is 0 Å². The van der Waals surface area contributed by atoms with Crippen LogP contribution in [0.5, 0.6) is 0 Å². The van der Waals surface area contributed by atoms with Crippen LogP contribution in [0.3, 0.4) is 0 Å². The Kier molecular flexibility index (Phi) is 3.72. The van der Waals surface area contributed by atoms with Gasteiger partial charge in [0.15, 0.2) is 5.82 Å². The lowest BCUT2D eigenvalue weighted by Crippen LogP contribution is -1.89. The van der Waals surface area contributed by atoms with E-state index < -0.39 is 0 Å². The van der Waals surface area contributed by atoms with Crippen molar-refractivity contribution >= 4 is 15.9 Å². The number of alkyl halides is 1. The average Bonchev–Trinajstić information content (AvgIpc) is 2.52. The SMILES string of the molecule is CCCc1noc(C(Br)CC)n1. The lowest BCUT2D eigenvalue weighted by molar-refractivity contribution is 0.371. The molecule has 1 atom stereocenters. The van der Waals surface area contributed by atoms with E-state index in [1.54, 1.807) is 0 Å². The van der Waals surface area contributed by atoms with E-state index in [4.69, 9.17) is 4.52 Å². The number of aromatic nitrogens is 2. The predicted octanol–water partition coefficient (Wildman–Crippen LogP) is 2.87. The average molecular weight is 233 g/mol. The summed E-state index contributed by atoms with van der Waals surface area (Å²) in [5, 5.41) is 3.86. The molecule has 68 valence electrons. The number of nitrogens with zero attached hydrogens (tertiary/aromatic N) is 2. The van der Waals surface area contributed by atoms with Gasteiger partial charge in [-0.1, -0.05) is 34.9 Å². The number of halogens is 1. The molecule has 3 nitrogen and oxygen atoms in total. The first-order valence-corrected chi connectivity index (χ1v) is 5.16. The molecule has 1 rings (SSSR count). The second-order valence-electron chi connectivity index (χ2n) is 2.67. The fourth-order valence-corrected chi connectivity index (χ4v) is 1.08. The molecule has 1 unspecified atom stereocenters. The molecular weight excluding hydrogens is 220 g/mol. The summed E-state index contributed by atoms with van der Waals surface area (Å²) in [5.41, 5.74) is 0.